The Bertz CT molecular complexity index is 1250. The Morgan fingerprint density at radius 2 is 1.91 bits per heavy atom. The van der Waals surface area contributed by atoms with Crippen LogP contribution in [0.15, 0.2) is 48.5 Å². The Hall–Kier alpha value is -1.86. The van der Waals surface area contributed by atoms with E-state index in [4.69, 9.17) is 11.6 Å². The molecule has 1 aliphatic carbocycles. The van der Waals surface area contributed by atoms with Gasteiger partial charge in [0.2, 0.25) is 10.0 Å². The molecule has 1 aliphatic heterocycles. The van der Waals surface area contributed by atoms with E-state index in [2.05, 4.69) is 51.0 Å². The Kier molecular flexibility index (Phi) is 6.29. The van der Waals surface area contributed by atoms with Gasteiger partial charge in [-0.15, -0.1) is 0 Å². The van der Waals surface area contributed by atoms with Crippen LogP contribution >= 0.6 is 11.6 Å². The van der Waals surface area contributed by atoms with E-state index < -0.39 is 10.0 Å². The Morgan fingerprint density at radius 1 is 1.15 bits per heavy atom. The summed E-state index contributed by atoms with van der Waals surface area (Å²) in [6, 6.07) is 17.1. The van der Waals surface area contributed by atoms with Crippen LogP contribution in [0.1, 0.15) is 55.5 Å². The van der Waals surface area contributed by atoms with Crippen LogP contribution in [0.4, 0.5) is 0 Å². The van der Waals surface area contributed by atoms with Crippen LogP contribution in [0.25, 0.3) is 10.9 Å². The monoisotopic (exact) mass is 485 g/mol. The second kappa shape index (κ2) is 9.06. The van der Waals surface area contributed by atoms with Crippen molar-refractivity contribution in [1.29, 1.82) is 0 Å². The Balaban J connectivity index is 1.57. The zero-order valence-corrected chi connectivity index (χ0v) is 20.7. The average Bonchev–Trinajstić information content (AvgIpc) is 3.09. The van der Waals surface area contributed by atoms with Gasteiger partial charge in [-0.1, -0.05) is 55.3 Å². The lowest BCUT2D eigenvalue weighted by molar-refractivity contribution is 0.159. The molecule has 0 amide bonds. The van der Waals surface area contributed by atoms with Crippen molar-refractivity contribution in [1.82, 2.24) is 14.6 Å². The van der Waals surface area contributed by atoms with Gasteiger partial charge in [-0.2, -0.15) is 0 Å². The van der Waals surface area contributed by atoms with Gasteiger partial charge in [-0.05, 0) is 61.6 Å². The van der Waals surface area contributed by atoms with Gasteiger partial charge in [0, 0.05) is 40.1 Å². The number of sulfonamides is 1. The number of nitrogens with one attached hydrogen (secondary N) is 2. The third-order valence-electron chi connectivity index (χ3n) is 7.46. The molecule has 3 aromatic rings. The fourth-order valence-electron chi connectivity index (χ4n) is 5.86. The molecule has 0 radical (unpaired) electrons. The van der Waals surface area contributed by atoms with Gasteiger partial charge in [0.15, 0.2) is 0 Å². The zero-order valence-electron chi connectivity index (χ0n) is 19.1. The molecule has 0 spiro atoms. The van der Waals surface area contributed by atoms with Crippen LogP contribution in [0.3, 0.4) is 0 Å². The fourth-order valence-corrected chi connectivity index (χ4v) is 7.07. The molecule has 5 nitrogen and oxygen atoms in total. The smallest absolute Gasteiger partial charge is 0.211 e. The third kappa shape index (κ3) is 4.12. The average molecular weight is 486 g/mol. The number of halogens is 1. The maximum absolute atomic E-state index is 12.3. The number of aromatic nitrogens is 1. The highest BCUT2D eigenvalue weighted by Crippen LogP contribution is 2.54. The van der Waals surface area contributed by atoms with Crippen molar-refractivity contribution < 1.29 is 8.42 Å². The lowest BCUT2D eigenvalue weighted by Gasteiger charge is -2.50. The van der Waals surface area contributed by atoms with E-state index in [0.717, 1.165) is 30.8 Å². The molecule has 1 atom stereocenters. The van der Waals surface area contributed by atoms with Crippen molar-refractivity contribution in [3.05, 3.63) is 70.4 Å². The molecule has 1 unspecified atom stereocenters. The van der Waals surface area contributed by atoms with E-state index in [1.807, 2.05) is 19.1 Å². The molecule has 1 aromatic heterocycles. The van der Waals surface area contributed by atoms with Crippen molar-refractivity contribution >= 4 is 32.5 Å². The normalized spacial score (nSPS) is 19.9. The van der Waals surface area contributed by atoms with E-state index in [9.17, 15) is 8.42 Å². The molecule has 1 fully saturated rings. The van der Waals surface area contributed by atoms with Crippen LogP contribution in [0.5, 0.6) is 0 Å². The maximum Gasteiger partial charge on any atom is 0.211 e. The first-order valence-corrected chi connectivity index (χ1v) is 14.0. The minimum Gasteiger partial charge on any atom is -0.341 e. The summed E-state index contributed by atoms with van der Waals surface area (Å²) in [4.78, 5) is 0. The second-order valence-corrected chi connectivity index (χ2v) is 11.8. The van der Waals surface area contributed by atoms with E-state index in [0.29, 0.717) is 19.5 Å². The largest absolute Gasteiger partial charge is 0.341 e. The standard InChI is InChI=1S/C26H32ClN3O2S/c1-2-18-33(31,32)29-16-17-30-23-7-4-3-6-21(23)22-12-15-28-25(24(22)30)26(13-5-14-26)19-8-10-20(27)11-9-19/h3-4,6-11,25,28-29H,2,5,12-18H2,1H3. The summed E-state index contributed by atoms with van der Waals surface area (Å²) in [6.07, 6.45) is 5.09. The van der Waals surface area contributed by atoms with Gasteiger partial charge in [0.05, 0.1) is 11.8 Å². The first-order chi connectivity index (χ1) is 16.0. The second-order valence-electron chi connectivity index (χ2n) is 9.40. The summed E-state index contributed by atoms with van der Waals surface area (Å²) in [5, 5.41) is 5.92. The van der Waals surface area contributed by atoms with Gasteiger partial charge in [-0.25, -0.2) is 13.1 Å². The zero-order chi connectivity index (χ0) is 23.1. The van der Waals surface area contributed by atoms with E-state index >= 15 is 0 Å². The Labute approximate surface area is 201 Å². The van der Waals surface area contributed by atoms with Gasteiger partial charge in [0.25, 0.3) is 0 Å². The van der Waals surface area contributed by atoms with Crippen molar-refractivity contribution in [3.8, 4) is 0 Å². The lowest BCUT2D eigenvalue weighted by atomic mass is 9.58. The number of hydrogen-bond acceptors (Lipinski definition) is 3. The fraction of sp³-hybridized carbons (Fsp3) is 0.462. The molecule has 7 heteroatoms. The van der Waals surface area contributed by atoms with Crippen molar-refractivity contribution in [2.75, 3.05) is 18.8 Å². The van der Waals surface area contributed by atoms with Crippen LogP contribution in [0.2, 0.25) is 5.02 Å². The number of rotatable bonds is 8. The number of benzene rings is 2. The van der Waals surface area contributed by atoms with E-state index in [1.165, 1.54) is 34.1 Å². The SMILES string of the molecule is CCCS(=O)(=O)NCCn1c2c(c3ccccc31)CCNC2C1(c2ccc(Cl)cc2)CCC1. The summed E-state index contributed by atoms with van der Waals surface area (Å²) in [6.45, 7) is 3.85. The maximum atomic E-state index is 12.3. The summed E-state index contributed by atoms with van der Waals surface area (Å²) in [7, 11) is -3.23. The summed E-state index contributed by atoms with van der Waals surface area (Å²) in [5.41, 5.74) is 5.30. The van der Waals surface area contributed by atoms with Gasteiger partial charge < -0.3 is 9.88 Å². The number of fused-ring (bicyclic) bond motifs is 3. The minimum atomic E-state index is -3.23. The number of nitrogens with zero attached hydrogens (tertiary/aromatic N) is 1. The van der Waals surface area contributed by atoms with Crippen molar-refractivity contribution in [3.63, 3.8) is 0 Å². The molecule has 1 saturated carbocycles. The summed E-state index contributed by atoms with van der Waals surface area (Å²) >= 11 is 6.21. The van der Waals surface area contributed by atoms with Crippen molar-refractivity contribution in [2.24, 2.45) is 0 Å². The van der Waals surface area contributed by atoms with Gasteiger partial charge >= 0.3 is 0 Å². The number of hydrogen-bond donors (Lipinski definition) is 2. The highest BCUT2D eigenvalue weighted by molar-refractivity contribution is 7.89. The highest BCUT2D eigenvalue weighted by atomic mass is 35.5. The molecule has 2 aliphatic rings. The predicted octanol–water partition coefficient (Wildman–Crippen LogP) is 4.93. The molecule has 2 aromatic carbocycles. The van der Waals surface area contributed by atoms with E-state index in [1.54, 1.807) is 0 Å². The quantitative estimate of drug-likeness (QED) is 0.475. The van der Waals surface area contributed by atoms with Crippen LogP contribution in [-0.4, -0.2) is 31.8 Å². The molecular weight excluding hydrogens is 454 g/mol. The van der Waals surface area contributed by atoms with Crippen LogP contribution in [0, 0.1) is 0 Å². The molecule has 2 heterocycles. The highest BCUT2D eigenvalue weighted by Gasteiger charge is 2.49. The van der Waals surface area contributed by atoms with Gasteiger partial charge in [-0.3, -0.25) is 0 Å². The predicted molar refractivity (Wildman–Crippen MR) is 135 cm³/mol. The first-order valence-electron chi connectivity index (χ1n) is 12.0. The van der Waals surface area contributed by atoms with E-state index in [-0.39, 0.29) is 17.2 Å². The molecule has 5 rings (SSSR count). The third-order valence-corrected chi connectivity index (χ3v) is 9.31. The van der Waals surface area contributed by atoms with Crippen molar-refractivity contribution in [2.45, 2.75) is 57.0 Å². The summed E-state index contributed by atoms with van der Waals surface area (Å²) < 4.78 is 29.7. The molecule has 2 N–H and O–H groups in total. The topological polar surface area (TPSA) is 63.1 Å². The van der Waals surface area contributed by atoms with Crippen LogP contribution in [-0.2, 0) is 28.4 Å². The molecular formula is C26H32ClN3O2S. The summed E-state index contributed by atoms with van der Waals surface area (Å²) in [5.74, 6) is 0.168. The molecule has 176 valence electrons. The first kappa shape index (κ1) is 22.9. The molecule has 33 heavy (non-hydrogen) atoms. The van der Waals surface area contributed by atoms with Crippen LogP contribution < -0.4 is 10.0 Å². The molecule has 0 saturated heterocycles. The molecule has 0 bridgehead atoms. The van der Waals surface area contributed by atoms with Gasteiger partial charge in [0.1, 0.15) is 0 Å². The number of para-hydroxylation sites is 1. The minimum absolute atomic E-state index is 0.0353. The lowest BCUT2D eigenvalue weighted by Crippen LogP contribution is -2.50. The Morgan fingerprint density at radius 3 is 2.61 bits per heavy atom.